The topological polar surface area (TPSA) is 160 Å². The summed E-state index contributed by atoms with van der Waals surface area (Å²) in [4.78, 5) is 42.5. The molecule has 0 saturated carbocycles. The Balaban J connectivity index is 4.31. The van der Waals surface area contributed by atoms with E-state index in [0.29, 0.717) is 32.1 Å². The van der Waals surface area contributed by atoms with Gasteiger partial charge in [-0.05, 0) is 44.4 Å². The molecule has 0 spiro atoms. The molecule has 4 N–H and O–H groups in total. The zero-order valence-corrected chi connectivity index (χ0v) is 30.8. The first-order chi connectivity index (χ1) is 23.5. The second-order valence-electron chi connectivity index (χ2n) is 12.1. The Bertz CT molecular complexity index is 1070. The number of allylic oxidation sites excluding steroid dienone is 8. The number of carbonyl (C=O) groups excluding carboxylic acids is 2. The van der Waals surface area contributed by atoms with Crippen LogP contribution in [0, 0.1) is 5.92 Å². The molecule has 49 heavy (non-hydrogen) atoms. The Hall–Kier alpha value is -2.59. The van der Waals surface area contributed by atoms with E-state index in [1.54, 1.807) is 36.5 Å². The monoisotopic (exact) mass is 710 g/mol. The molecular weight excluding hydrogens is 647 g/mol. The summed E-state index contributed by atoms with van der Waals surface area (Å²) in [6, 6.07) is 0. The van der Waals surface area contributed by atoms with E-state index in [4.69, 9.17) is 19.3 Å². The first-order valence-corrected chi connectivity index (χ1v) is 19.4. The Labute approximate surface area is 294 Å². The maximum Gasteiger partial charge on any atom is 0.469 e. The van der Waals surface area contributed by atoms with Gasteiger partial charge >= 0.3 is 19.8 Å². The van der Waals surface area contributed by atoms with Crippen LogP contribution < -0.4 is 0 Å². The van der Waals surface area contributed by atoms with Crippen molar-refractivity contribution in [2.75, 3.05) is 13.2 Å². The van der Waals surface area contributed by atoms with E-state index in [1.165, 1.54) is 25.7 Å². The standard InChI is InChI=1S/C38H63O10P/c1-4-6-17-25-34(39)27-20-15-16-21-28-35(40)26-19-12-8-10-14-23-30-38(42)48-36(32-47-49(43,44)45)31-46-37(41)29-22-13-9-7-11-18-24-33(3)5-2/h6,10,12,14-17,19-21,27-28,33-36,39-40H,4-5,7-9,11,13,18,22-26,29-32H2,1-3H3,(H2,43,44,45)/b14-10-,16-15-,17-6-,19-12-,27-20+,28-21+/t33?,34-,35+,36+/m0/s1. The molecule has 0 rings (SSSR count). The number of hydrogen-bond donors (Lipinski definition) is 4. The molecule has 1 unspecified atom stereocenters. The number of phosphoric acid groups is 1. The molecule has 10 nitrogen and oxygen atoms in total. The van der Waals surface area contributed by atoms with Crippen molar-refractivity contribution in [3.8, 4) is 0 Å². The molecule has 0 aromatic carbocycles. The van der Waals surface area contributed by atoms with Crippen LogP contribution in [-0.4, -0.2) is 63.5 Å². The lowest BCUT2D eigenvalue weighted by Gasteiger charge is -2.18. The molecule has 0 radical (unpaired) electrons. The van der Waals surface area contributed by atoms with E-state index in [2.05, 4.69) is 18.4 Å². The van der Waals surface area contributed by atoms with Crippen LogP contribution in [0.1, 0.15) is 117 Å². The minimum absolute atomic E-state index is 0.0268. The van der Waals surface area contributed by atoms with Gasteiger partial charge in [-0.15, -0.1) is 0 Å². The second kappa shape index (κ2) is 31.4. The van der Waals surface area contributed by atoms with Crippen LogP contribution in [0.15, 0.2) is 72.9 Å². The van der Waals surface area contributed by atoms with Crippen molar-refractivity contribution in [3.63, 3.8) is 0 Å². The number of aliphatic hydroxyl groups is 2. The predicted octanol–water partition coefficient (Wildman–Crippen LogP) is 8.14. The van der Waals surface area contributed by atoms with Gasteiger partial charge in [0.25, 0.3) is 0 Å². The lowest BCUT2D eigenvalue weighted by Crippen LogP contribution is -2.29. The van der Waals surface area contributed by atoms with Crippen LogP contribution in [0.25, 0.3) is 0 Å². The number of aliphatic hydroxyl groups excluding tert-OH is 2. The van der Waals surface area contributed by atoms with E-state index in [1.807, 2.05) is 43.4 Å². The first-order valence-electron chi connectivity index (χ1n) is 17.8. The van der Waals surface area contributed by atoms with Crippen molar-refractivity contribution in [3.05, 3.63) is 72.9 Å². The van der Waals surface area contributed by atoms with Crippen molar-refractivity contribution in [1.82, 2.24) is 0 Å². The van der Waals surface area contributed by atoms with Gasteiger partial charge in [0.1, 0.15) is 6.61 Å². The number of hydrogen-bond acceptors (Lipinski definition) is 8. The largest absolute Gasteiger partial charge is 0.469 e. The van der Waals surface area contributed by atoms with Gasteiger partial charge in [0.15, 0.2) is 6.10 Å². The molecule has 280 valence electrons. The molecule has 0 aliphatic heterocycles. The fraction of sp³-hybridized carbons (Fsp3) is 0.632. The Morgan fingerprint density at radius 2 is 1.31 bits per heavy atom. The fourth-order valence-electron chi connectivity index (χ4n) is 4.37. The summed E-state index contributed by atoms with van der Waals surface area (Å²) >= 11 is 0. The number of phosphoric ester groups is 1. The molecule has 0 fully saturated rings. The average molecular weight is 711 g/mol. The quantitative estimate of drug-likeness (QED) is 0.0188. The van der Waals surface area contributed by atoms with Gasteiger partial charge < -0.3 is 29.5 Å². The lowest BCUT2D eigenvalue weighted by molar-refractivity contribution is -0.161. The normalized spacial score (nSPS) is 15.3. The molecule has 0 aromatic rings. The van der Waals surface area contributed by atoms with Gasteiger partial charge in [0, 0.05) is 12.8 Å². The molecule has 0 aromatic heterocycles. The molecule has 0 amide bonds. The third-order valence-corrected chi connectivity index (χ3v) is 7.95. The third kappa shape index (κ3) is 33.7. The number of ether oxygens (including phenoxy) is 2. The zero-order chi connectivity index (χ0) is 36.6. The lowest BCUT2D eigenvalue weighted by atomic mass is 10.00. The molecule has 4 atom stereocenters. The maximum atomic E-state index is 12.3. The summed E-state index contributed by atoms with van der Waals surface area (Å²) in [5.41, 5.74) is 0. The van der Waals surface area contributed by atoms with E-state index >= 15 is 0 Å². The van der Waals surface area contributed by atoms with Gasteiger partial charge in [-0.25, -0.2) is 4.57 Å². The summed E-state index contributed by atoms with van der Waals surface area (Å²) in [6.45, 7) is 5.57. The number of carbonyl (C=O) groups is 2. The molecule has 0 aliphatic rings. The highest BCUT2D eigenvalue weighted by Gasteiger charge is 2.22. The highest BCUT2D eigenvalue weighted by atomic mass is 31.2. The average Bonchev–Trinajstić information content (AvgIpc) is 3.05. The molecule has 0 saturated heterocycles. The first kappa shape index (κ1) is 46.4. The van der Waals surface area contributed by atoms with Crippen molar-refractivity contribution >= 4 is 19.8 Å². The summed E-state index contributed by atoms with van der Waals surface area (Å²) in [5.74, 6) is -0.296. The molecule has 11 heteroatoms. The van der Waals surface area contributed by atoms with Crippen LogP contribution in [0.2, 0.25) is 0 Å². The van der Waals surface area contributed by atoms with Crippen molar-refractivity contribution in [1.29, 1.82) is 0 Å². The van der Waals surface area contributed by atoms with Crippen molar-refractivity contribution < 1.29 is 48.2 Å². The fourth-order valence-corrected chi connectivity index (χ4v) is 4.73. The molecular formula is C38H63O10P. The highest BCUT2D eigenvalue weighted by molar-refractivity contribution is 7.46. The highest BCUT2D eigenvalue weighted by Crippen LogP contribution is 2.35. The van der Waals surface area contributed by atoms with Gasteiger partial charge in [-0.3, -0.25) is 14.1 Å². The van der Waals surface area contributed by atoms with Crippen molar-refractivity contribution in [2.24, 2.45) is 5.92 Å². The van der Waals surface area contributed by atoms with Crippen LogP contribution in [0.4, 0.5) is 0 Å². The minimum Gasteiger partial charge on any atom is -0.462 e. The molecule has 0 aliphatic carbocycles. The molecule has 0 bridgehead atoms. The van der Waals surface area contributed by atoms with Crippen LogP contribution in [0.5, 0.6) is 0 Å². The van der Waals surface area contributed by atoms with E-state index in [9.17, 15) is 24.4 Å². The smallest absolute Gasteiger partial charge is 0.462 e. The minimum atomic E-state index is -4.80. The van der Waals surface area contributed by atoms with Gasteiger partial charge in [-0.1, -0.05) is 139 Å². The second-order valence-corrected chi connectivity index (χ2v) is 13.4. The Kier molecular flexibility index (Phi) is 29.7. The SMILES string of the molecule is CC/C=C\C[C@H](O)/C=C/C=C\C=C\[C@H](O)C/C=C\C/C=C\CCC(=O)O[C@H](COC(=O)CCCCCCCCC(C)CC)COP(=O)(O)O. The number of unbranched alkanes of at least 4 members (excludes halogenated alkanes) is 5. The maximum absolute atomic E-state index is 12.3. The predicted molar refractivity (Wildman–Crippen MR) is 195 cm³/mol. The summed E-state index contributed by atoms with van der Waals surface area (Å²) in [6.07, 6.45) is 31.5. The third-order valence-electron chi connectivity index (χ3n) is 7.46. The van der Waals surface area contributed by atoms with E-state index in [-0.39, 0.29) is 19.4 Å². The summed E-state index contributed by atoms with van der Waals surface area (Å²) in [7, 11) is -4.80. The van der Waals surface area contributed by atoms with Gasteiger partial charge in [0.2, 0.25) is 0 Å². The van der Waals surface area contributed by atoms with Crippen LogP contribution in [-0.2, 0) is 28.2 Å². The van der Waals surface area contributed by atoms with Crippen LogP contribution in [0.3, 0.4) is 0 Å². The molecule has 0 heterocycles. The van der Waals surface area contributed by atoms with E-state index in [0.717, 1.165) is 31.6 Å². The number of rotatable bonds is 30. The number of esters is 2. The van der Waals surface area contributed by atoms with Crippen molar-refractivity contribution in [2.45, 2.75) is 135 Å². The Morgan fingerprint density at radius 3 is 1.92 bits per heavy atom. The van der Waals surface area contributed by atoms with Crippen LogP contribution >= 0.6 is 7.82 Å². The zero-order valence-electron chi connectivity index (χ0n) is 29.9. The van der Waals surface area contributed by atoms with Gasteiger partial charge in [-0.2, -0.15) is 0 Å². The Morgan fingerprint density at radius 1 is 0.714 bits per heavy atom. The summed E-state index contributed by atoms with van der Waals surface area (Å²) < 4.78 is 26.1. The van der Waals surface area contributed by atoms with Gasteiger partial charge in [0.05, 0.1) is 18.8 Å². The van der Waals surface area contributed by atoms with E-state index < -0.39 is 44.7 Å². The summed E-state index contributed by atoms with van der Waals surface area (Å²) in [5, 5.41) is 19.8.